The van der Waals surface area contributed by atoms with E-state index in [-0.39, 0.29) is 0 Å². The van der Waals surface area contributed by atoms with Crippen LogP contribution >= 0.6 is 10.5 Å². The molecule has 0 nitrogen and oxygen atoms in total. The first kappa shape index (κ1) is 8.79. The molecule has 0 spiro atoms. The van der Waals surface area contributed by atoms with Crippen molar-refractivity contribution in [2.75, 3.05) is 0 Å². The molecule has 62 valence electrons. The molecule has 0 N–H and O–H groups in total. The van der Waals surface area contributed by atoms with E-state index in [1.807, 2.05) is 0 Å². The highest BCUT2D eigenvalue weighted by Crippen LogP contribution is 2.38. The van der Waals surface area contributed by atoms with Gasteiger partial charge in [0, 0.05) is 0 Å². The molecule has 0 aliphatic carbocycles. The first-order valence-corrected chi connectivity index (χ1v) is 5.33. The predicted molar refractivity (Wildman–Crippen MR) is 56.0 cm³/mol. The van der Waals surface area contributed by atoms with Gasteiger partial charge in [0.05, 0.1) is 0 Å². The van der Waals surface area contributed by atoms with Crippen molar-refractivity contribution in [3.63, 3.8) is 0 Å². The molecule has 1 heteroatoms. The largest absolute Gasteiger partial charge is 0.136 e. The molecule has 1 heterocycles. The molecule has 0 unspecified atom stereocenters. The van der Waals surface area contributed by atoms with Crippen LogP contribution in [-0.4, -0.2) is 5.37 Å². The normalized spacial score (nSPS) is 18.6. The summed E-state index contributed by atoms with van der Waals surface area (Å²) in [6.45, 7) is 8.92. The van der Waals surface area contributed by atoms with Crippen molar-refractivity contribution < 1.29 is 0 Å². The third kappa shape index (κ3) is 2.06. The Kier molecular flexibility index (Phi) is 2.72. The molecule has 0 bridgehead atoms. The summed E-state index contributed by atoms with van der Waals surface area (Å²) in [5.74, 6) is 0.697. The summed E-state index contributed by atoms with van der Waals surface area (Å²) >= 11 is 0. The predicted octanol–water partition coefficient (Wildman–Crippen LogP) is 3.53. The number of hydrogen-bond acceptors (Lipinski definition) is 0. The molecule has 1 aliphatic heterocycles. The molecule has 0 amide bonds. The van der Waals surface area contributed by atoms with Crippen LogP contribution in [0.4, 0.5) is 0 Å². The van der Waals surface area contributed by atoms with Crippen LogP contribution in [0.2, 0.25) is 0 Å². The van der Waals surface area contributed by atoms with Gasteiger partial charge >= 0.3 is 0 Å². The second-order valence-corrected chi connectivity index (χ2v) is 5.51. The lowest BCUT2D eigenvalue weighted by Crippen LogP contribution is -1.87. The van der Waals surface area contributed by atoms with Gasteiger partial charge in [-0.1, -0.05) is 31.4 Å². The Morgan fingerprint density at radius 3 is 2.00 bits per heavy atom. The second kappa shape index (κ2) is 3.40. The summed E-state index contributed by atoms with van der Waals surface area (Å²) in [6, 6.07) is 0. The smallest absolute Gasteiger partial charge is 0.0199 e. The van der Waals surface area contributed by atoms with Crippen molar-refractivity contribution >= 4 is 15.9 Å². The fourth-order valence-corrected chi connectivity index (χ4v) is 3.03. The van der Waals surface area contributed by atoms with E-state index >= 15 is 0 Å². The third-order valence-electron chi connectivity index (χ3n) is 1.65. The monoisotopic (exact) mass is 168 g/mol. The van der Waals surface area contributed by atoms with Crippen molar-refractivity contribution in [1.82, 2.24) is 0 Å². The van der Waals surface area contributed by atoms with E-state index in [1.54, 1.807) is 0 Å². The summed E-state index contributed by atoms with van der Waals surface area (Å²) in [5, 5.41) is 2.44. The minimum Gasteiger partial charge on any atom is -0.136 e. The minimum atomic E-state index is 0.350. The first-order valence-electron chi connectivity index (χ1n) is 4.04. The average molecular weight is 168 g/mol. The molecule has 0 saturated carbocycles. The van der Waals surface area contributed by atoms with Crippen molar-refractivity contribution in [2.24, 2.45) is 5.92 Å². The quantitative estimate of drug-likeness (QED) is 0.525. The number of rotatable bonds is 1. The molecule has 0 saturated heterocycles. The van der Waals surface area contributed by atoms with E-state index in [0.717, 1.165) is 0 Å². The maximum absolute atomic E-state index is 2.44. The van der Waals surface area contributed by atoms with Crippen LogP contribution in [0.5, 0.6) is 0 Å². The maximum atomic E-state index is 2.44. The van der Waals surface area contributed by atoms with Crippen molar-refractivity contribution in [1.29, 1.82) is 0 Å². The summed E-state index contributed by atoms with van der Waals surface area (Å²) in [7, 11) is 0.350. The van der Waals surface area contributed by atoms with E-state index in [0.29, 0.717) is 16.4 Å². The van der Waals surface area contributed by atoms with Gasteiger partial charge in [0.15, 0.2) is 0 Å². The van der Waals surface area contributed by atoms with Gasteiger partial charge in [-0.15, -0.1) is 10.5 Å². The zero-order valence-corrected chi connectivity index (χ0v) is 8.53. The maximum Gasteiger partial charge on any atom is -0.0199 e. The highest BCUT2D eigenvalue weighted by Gasteiger charge is 2.05. The highest BCUT2D eigenvalue weighted by atomic mass is 32.2. The van der Waals surface area contributed by atoms with Crippen molar-refractivity contribution in [3.8, 4) is 0 Å². The summed E-state index contributed by atoms with van der Waals surface area (Å²) in [4.78, 5) is 3.02. The Hall–Kier alpha value is -0.300. The first-order chi connectivity index (χ1) is 5.11. The van der Waals surface area contributed by atoms with Crippen LogP contribution in [-0.2, 0) is 0 Å². The molecule has 0 aromatic carbocycles. The molecule has 1 aliphatic rings. The molecule has 1 rings (SSSR count). The van der Waals surface area contributed by atoms with Crippen molar-refractivity contribution in [3.05, 3.63) is 22.0 Å². The molecular weight excluding hydrogens is 152 g/mol. The zero-order chi connectivity index (χ0) is 8.43. The molecule has 0 aromatic heterocycles. The third-order valence-corrected chi connectivity index (χ3v) is 4.13. The number of allylic oxidation sites excluding steroid dienone is 4. The van der Waals surface area contributed by atoms with E-state index in [1.165, 1.54) is 9.81 Å². The van der Waals surface area contributed by atoms with Crippen molar-refractivity contribution in [2.45, 2.75) is 27.7 Å². The van der Waals surface area contributed by atoms with Gasteiger partial charge in [-0.3, -0.25) is 0 Å². The molecule has 0 atom stereocenters. The lowest BCUT2D eigenvalue weighted by molar-refractivity contribution is 0.920. The standard InChI is InChI=1S/C10H16S/c1-8(2)7-11-9(3)5-6-10(11)4/h5-8H,1-4H3. The van der Waals surface area contributed by atoms with Gasteiger partial charge in [0.2, 0.25) is 0 Å². The van der Waals surface area contributed by atoms with Gasteiger partial charge in [-0.25, -0.2) is 0 Å². The van der Waals surface area contributed by atoms with Gasteiger partial charge in [0.1, 0.15) is 0 Å². The van der Waals surface area contributed by atoms with Crippen LogP contribution in [0.25, 0.3) is 0 Å². The van der Waals surface area contributed by atoms with Crippen LogP contribution in [0, 0.1) is 5.92 Å². The Morgan fingerprint density at radius 1 is 1.18 bits per heavy atom. The van der Waals surface area contributed by atoms with Crippen LogP contribution in [0.3, 0.4) is 0 Å². The Bertz CT molecular complexity index is 222. The fraction of sp³-hybridized carbons (Fsp3) is 0.500. The topological polar surface area (TPSA) is 0 Å². The van der Waals surface area contributed by atoms with Crippen LogP contribution in [0.15, 0.2) is 22.0 Å². The van der Waals surface area contributed by atoms with Gasteiger partial charge in [-0.2, -0.15) is 0 Å². The molecule has 0 radical (unpaired) electrons. The second-order valence-electron chi connectivity index (χ2n) is 3.27. The van der Waals surface area contributed by atoms with E-state index in [9.17, 15) is 0 Å². The fourth-order valence-electron chi connectivity index (χ4n) is 1.12. The zero-order valence-electron chi connectivity index (χ0n) is 7.72. The Balaban J connectivity index is 2.88. The molecule has 0 fully saturated rings. The summed E-state index contributed by atoms with van der Waals surface area (Å²) in [5.41, 5.74) is 0. The van der Waals surface area contributed by atoms with E-state index in [4.69, 9.17) is 0 Å². The minimum absolute atomic E-state index is 0.350. The van der Waals surface area contributed by atoms with E-state index < -0.39 is 0 Å². The average Bonchev–Trinajstić information content (AvgIpc) is 2.18. The highest BCUT2D eigenvalue weighted by molar-refractivity contribution is 8.21. The van der Waals surface area contributed by atoms with Crippen LogP contribution < -0.4 is 0 Å². The van der Waals surface area contributed by atoms with Crippen LogP contribution in [0.1, 0.15) is 27.7 Å². The Labute approximate surface area is 71.9 Å². The molecule has 11 heavy (non-hydrogen) atoms. The summed E-state index contributed by atoms with van der Waals surface area (Å²) in [6.07, 6.45) is 4.47. The van der Waals surface area contributed by atoms with E-state index in [2.05, 4.69) is 45.2 Å². The van der Waals surface area contributed by atoms with Gasteiger partial charge < -0.3 is 0 Å². The molecule has 0 aromatic rings. The molecular formula is C10H16S. The SMILES string of the molecule is CC1=CC=C(C)S1=CC(C)C. The summed E-state index contributed by atoms with van der Waals surface area (Å²) < 4.78 is 0. The lowest BCUT2D eigenvalue weighted by Gasteiger charge is -2.06. The lowest BCUT2D eigenvalue weighted by atomic mass is 10.3. The van der Waals surface area contributed by atoms with Gasteiger partial charge in [0.25, 0.3) is 0 Å². The van der Waals surface area contributed by atoms with Gasteiger partial charge in [-0.05, 0) is 29.6 Å². The number of hydrogen-bond donors (Lipinski definition) is 0. The Morgan fingerprint density at radius 2 is 1.64 bits per heavy atom.